The van der Waals surface area contributed by atoms with Crippen molar-refractivity contribution in [2.24, 2.45) is 11.1 Å². The maximum Gasteiger partial charge on any atom is 0.230 e. The Labute approximate surface area is 161 Å². The lowest BCUT2D eigenvalue weighted by atomic mass is 9.81. The molecular weight excluding hydrogens is 338 g/mol. The van der Waals surface area contributed by atoms with Crippen molar-refractivity contribution in [3.05, 3.63) is 42.6 Å². The van der Waals surface area contributed by atoms with Gasteiger partial charge in [-0.2, -0.15) is 0 Å². The molecule has 0 aliphatic carbocycles. The monoisotopic (exact) mass is 367 g/mol. The Kier molecular flexibility index (Phi) is 6.06. The van der Waals surface area contributed by atoms with E-state index in [0.717, 1.165) is 43.1 Å². The standard InChI is InChI=1S/C21H29N5O/c1-3-21(4-2,16-22)20(27)26-14-12-25(13-15-26)18-10-11-23-19(24-18)17-8-6-5-7-9-17/h5-11H,3-4,12-16,22H2,1-2H3. The second-order valence-electron chi connectivity index (χ2n) is 7.08. The Morgan fingerprint density at radius 1 is 1.07 bits per heavy atom. The minimum atomic E-state index is -0.419. The molecule has 0 bridgehead atoms. The quantitative estimate of drug-likeness (QED) is 0.849. The van der Waals surface area contributed by atoms with Gasteiger partial charge in [0.2, 0.25) is 5.91 Å². The van der Waals surface area contributed by atoms with Crippen LogP contribution in [0.15, 0.2) is 42.6 Å². The Hall–Kier alpha value is -2.47. The van der Waals surface area contributed by atoms with Crippen molar-refractivity contribution in [1.29, 1.82) is 0 Å². The number of aromatic nitrogens is 2. The molecule has 1 aliphatic rings. The van der Waals surface area contributed by atoms with E-state index in [1.807, 2.05) is 41.3 Å². The number of nitrogens with zero attached hydrogens (tertiary/aromatic N) is 4. The SMILES string of the molecule is CCC(CC)(CN)C(=O)N1CCN(c2ccnc(-c3ccccc3)n2)CC1. The summed E-state index contributed by atoms with van der Waals surface area (Å²) in [4.78, 5) is 26.3. The molecule has 0 atom stereocenters. The molecule has 3 rings (SSSR count). The molecule has 6 heteroatoms. The summed E-state index contributed by atoms with van der Waals surface area (Å²) in [5.41, 5.74) is 6.54. The Balaban J connectivity index is 1.69. The van der Waals surface area contributed by atoms with Crippen molar-refractivity contribution in [3.63, 3.8) is 0 Å². The molecule has 6 nitrogen and oxygen atoms in total. The fourth-order valence-electron chi connectivity index (χ4n) is 3.65. The highest BCUT2D eigenvalue weighted by molar-refractivity contribution is 5.83. The number of nitrogens with two attached hydrogens (primary N) is 1. The van der Waals surface area contributed by atoms with Crippen molar-refractivity contribution >= 4 is 11.7 Å². The number of amides is 1. The first-order valence-corrected chi connectivity index (χ1v) is 9.76. The summed E-state index contributed by atoms with van der Waals surface area (Å²) in [7, 11) is 0. The summed E-state index contributed by atoms with van der Waals surface area (Å²) in [5.74, 6) is 1.83. The normalized spacial score (nSPS) is 15.1. The number of hydrogen-bond donors (Lipinski definition) is 1. The third-order valence-electron chi connectivity index (χ3n) is 5.76. The zero-order valence-corrected chi connectivity index (χ0v) is 16.3. The first kappa shape index (κ1) is 19.3. The van der Waals surface area contributed by atoms with Crippen molar-refractivity contribution in [3.8, 4) is 11.4 Å². The van der Waals surface area contributed by atoms with Gasteiger partial charge in [-0.05, 0) is 18.9 Å². The number of rotatable bonds is 6. The highest BCUT2D eigenvalue weighted by Crippen LogP contribution is 2.28. The molecular formula is C21H29N5O. The summed E-state index contributed by atoms with van der Waals surface area (Å²) in [6, 6.07) is 11.9. The zero-order chi connectivity index (χ0) is 19.3. The molecule has 0 radical (unpaired) electrons. The lowest BCUT2D eigenvalue weighted by Gasteiger charge is -2.40. The van der Waals surface area contributed by atoms with E-state index in [4.69, 9.17) is 10.7 Å². The number of carbonyl (C=O) groups excluding carboxylic acids is 1. The maximum absolute atomic E-state index is 13.0. The Morgan fingerprint density at radius 3 is 2.33 bits per heavy atom. The topological polar surface area (TPSA) is 75.4 Å². The smallest absolute Gasteiger partial charge is 0.230 e. The molecule has 2 heterocycles. The van der Waals surface area contributed by atoms with E-state index >= 15 is 0 Å². The summed E-state index contributed by atoms with van der Waals surface area (Å²) in [6.07, 6.45) is 3.37. The van der Waals surface area contributed by atoms with E-state index in [2.05, 4.69) is 23.7 Å². The number of piperazine rings is 1. The maximum atomic E-state index is 13.0. The van der Waals surface area contributed by atoms with E-state index in [-0.39, 0.29) is 5.91 Å². The van der Waals surface area contributed by atoms with E-state index < -0.39 is 5.41 Å². The third kappa shape index (κ3) is 3.95. The second-order valence-corrected chi connectivity index (χ2v) is 7.08. The summed E-state index contributed by atoms with van der Waals surface area (Å²) in [5, 5.41) is 0. The van der Waals surface area contributed by atoms with Crippen LogP contribution in [0.4, 0.5) is 5.82 Å². The van der Waals surface area contributed by atoms with Gasteiger partial charge < -0.3 is 15.5 Å². The van der Waals surface area contributed by atoms with Gasteiger partial charge in [-0.15, -0.1) is 0 Å². The average molecular weight is 367 g/mol. The van der Waals surface area contributed by atoms with Gasteiger partial charge in [-0.25, -0.2) is 9.97 Å². The van der Waals surface area contributed by atoms with E-state index in [1.165, 1.54) is 0 Å². The first-order chi connectivity index (χ1) is 13.1. The molecule has 1 aliphatic heterocycles. The molecule has 0 unspecified atom stereocenters. The zero-order valence-electron chi connectivity index (χ0n) is 16.3. The Bertz CT molecular complexity index is 744. The van der Waals surface area contributed by atoms with Crippen LogP contribution >= 0.6 is 0 Å². The highest BCUT2D eigenvalue weighted by atomic mass is 16.2. The van der Waals surface area contributed by atoms with Gasteiger partial charge >= 0.3 is 0 Å². The van der Waals surface area contributed by atoms with Crippen LogP contribution in [-0.2, 0) is 4.79 Å². The van der Waals surface area contributed by atoms with Crippen molar-refractivity contribution in [1.82, 2.24) is 14.9 Å². The van der Waals surface area contributed by atoms with Gasteiger partial charge in [0.25, 0.3) is 0 Å². The molecule has 0 spiro atoms. The predicted octanol–water partition coefficient (Wildman–Crippen LogP) is 2.56. The third-order valence-corrected chi connectivity index (χ3v) is 5.76. The molecule has 144 valence electrons. The van der Waals surface area contributed by atoms with Gasteiger partial charge in [0.15, 0.2) is 5.82 Å². The van der Waals surface area contributed by atoms with Crippen LogP contribution < -0.4 is 10.6 Å². The molecule has 2 N–H and O–H groups in total. The van der Waals surface area contributed by atoms with Gasteiger partial charge in [0, 0.05) is 44.5 Å². The van der Waals surface area contributed by atoms with Crippen LogP contribution in [0.5, 0.6) is 0 Å². The number of anilines is 1. The van der Waals surface area contributed by atoms with Crippen molar-refractivity contribution < 1.29 is 4.79 Å². The fourth-order valence-corrected chi connectivity index (χ4v) is 3.65. The molecule has 1 fully saturated rings. The predicted molar refractivity (Wildman–Crippen MR) is 108 cm³/mol. The highest BCUT2D eigenvalue weighted by Gasteiger charge is 2.37. The summed E-state index contributed by atoms with van der Waals surface area (Å²) in [6.45, 7) is 7.45. The molecule has 1 aromatic heterocycles. The van der Waals surface area contributed by atoms with E-state index in [1.54, 1.807) is 6.20 Å². The van der Waals surface area contributed by atoms with Gasteiger partial charge in [0.05, 0.1) is 5.41 Å². The molecule has 2 aromatic rings. The first-order valence-electron chi connectivity index (χ1n) is 9.76. The van der Waals surface area contributed by atoms with Crippen LogP contribution in [0, 0.1) is 5.41 Å². The molecule has 0 saturated carbocycles. The van der Waals surface area contributed by atoms with Crippen molar-refractivity contribution in [2.45, 2.75) is 26.7 Å². The van der Waals surface area contributed by atoms with Crippen molar-refractivity contribution in [2.75, 3.05) is 37.6 Å². The molecule has 1 saturated heterocycles. The van der Waals surface area contributed by atoms with Crippen LogP contribution in [-0.4, -0.2) is 53.5 Å². The van der Waals surface area contributed by atoms with Gasteiger partial charge in [-0.3, -0.25) is 4.79 Å². The van der Waals surface area contributed by atoms with Crippen LogP contribution in [0.25, 0.3) is 11.4 Å². The second kappa shape index (κ2) is 8.48. The number of carbonyl (C=O) groups is 1. The molecule has 1 aromatic carbocycles. The lowest BCUT2D eigenvalue weighted by molar-refractivity contribution is -0.142. The van der Waals surface area contributed by atoms with Gasteiger partial charge in [-0.1, -0.05) is 44.2 Å². The molecule has 27 heavy (non-hydrogen) atoms. The largest absolute Gasteiger partial charge is 0.353 e. The fraction of sp³-hybridized carbons (Fsp3) is 0.476. The summed E-state index contributed by atoms with van der Waals surface area (Å²) >= 11 is 0. The van der Waals surface area contributed by atoms with Crippen LogP contribution in [0.2, 0.25) is 0 Å². The number of benzene rings is 1. The minimum Gasteiger partial charge on any atom is -0.353 e. The minimum absolute atomic E-state index is 0.197. The Morgan fingerprint density at radius 2 is 1.74 bits per heavy atom. The van der Waals surface area contributed by atoms with Crippen LogP contribution in [0.1, 0.15) is 26.7 Å². The van der Waals surface area contributed by atoms with Gasteiger partial charge in [0.1, 0.15) is 5.82 Å². The van der Waals surface area contributed by atoms with E-state index in [0.29, 0.717) is 19.6 Å². The average Bonchev–Trinajstić information content (AvgIpc) is 2.76. The summed E-state index contributed by atoms with van der Waals surface area (Å²) < 4.78 is 0. The molecule has 1 amide bonds. The van der Waals surface area contributed by atoms with E-state index in [9.17, 15) is 4.79 Å². The number of hydrogen-bond acceptors (Lipinski definition) is 5. The van der Waals surface area contributed by atoms with Crippen LogP contribution in [0.3, 0.4) is 0 Å². The lowest BCUT2D eigenvalue weighted by Crippen LogP contribution is -2.55.